The highest BCUT2D eigenvalue weighted by Crippen LogP contribution is 2.31. The van der Waals surface area contributed by atoms with Crippen LogP contribution in [0.2, 0.25) is 10.0 Å². The van der Waals surface area contributed by atoms with Crippen molar-refractivity contribution >= 4 is 28.9 Å². The second-order valence-electron chi connectivity index (χ2n) is 6.04. The van der Waals surface area contributed by atoms with Gasteiger partial charge in [-0.2, -0.15) is 0 Å². The van der Waals surface area contributed by atoms with Crippen molar-refractivity contribution in [2.24, 2.45) is 0 Å². The third-order valence-electron chi connectivity index (χ3n) is 3.30. The molecule has 112 valence electrons. The van der Waals surface area contributed by atoms with E-state index in [2.05, 4.69) is 50.4 Å². The highest BCUT2D eigenvalue weighted by molar-refractivity contribution is 6.39. The highest BCUT2D eigenvalue weighted by atomic mass is 35.5. The lowest BCUT2D eigenvalue weighted by Gasteiger charge is -2.19. The SMILES string of the molecule is CC(C)(C)c1ccc(CNc2c(Cl)cc(F)cc2Cl)cc1. The van der Waals surface area contributed by atoms with Gasteiger partial charge in [-0.1, -0.05) is 68.2 Å². The summed E-state index contributed by atoms with van der Waals surface area (Å²) in [6.45, 7) is 7.12. The molecular weight excluding hydrogens is 308 g/mol. The molecule has 0 fully saturated rings. The molecule has 2 aromatic rings. The van der Waals surface area contributed by atoms with Crippen molar-refractivity contribution in [2.75, 3.05) is 5.32 Å². The van der Waals surface area contributed by atoms with E-state index in [4.69, 9.17) is 23.2 Å². The molecule has 0 aliphatic rings. The molecule has 1 nitrogen and oxygen atoms in total. The van der Waals surface area contributed by atoms with Gasteiger partial charge in [-0.3, -0.25) is 0 Å². The monoisotopic (exact) mass is 325 g/mol. The lowest BCUT2D eigenvalue weighted by Crippen LogP contribution is -2.11. The molecule has 0 aliphatic carbocycles. The predicted molar refractivity (Wildman–Crippen MR) is 88.9 cm³/mol. The van der Waals surface area contributed by atoms with E-state index in [9.17, 15) is 4.39 Å². The minimum Gasteiger partial charge on any atom is -0.379 e. The minimum absolute atomic E-state index is 0.134. The zero-order valence-corrected chi connectivity index (χ0v) is 13.8. The smallest absolute Gasteiger partial charge is 0.126 e. The minimum atomic E-state index is -0.440. The summed E-state index contributed by atoms with van der Waals surface area (Å²) < 4.78 is 13.1. The summed E-state index contributed by atoms with van der Waals surface area (Å²) in [5, 5.41) is 3.72. The van der Waals surface area contributed by atoms with Crippen molar-refractivity contribution in [1.29, 1.82) is 0 Å². The molecule has 0 aliphatic heterocycles. The Morgan fingerprint density at radius 2 is 1.52 bits per heavy atom. The van der Waals surface area contributed by atoms with Gasteiger partial charge in [0, 0.05) is 6.54 Å². The molecule has 2 rings (SSSR count). The van der Waals surface area contributed by atoms with Crippen molar-refractivity contribution in [3.05, 3.63) is 63.4 Å². The fraction of sp³-hybridized carbons (Fsp3) is 0.294. The van der Waals surface area contributed by atoms with Crippen LogP contribution in [0.5, 0.6) is 0 Å². The molecule has 0 heterocycles. The van der Waals surface area contributed by atoms with Crippen LogP contribution >= 0.6 is 23.2 Å². The fourth-order valence-corrected chi connectivity index (χ4v) is 2.62. The molecule has 0 saturated heterocycles. The average molecular weight is 326 g/mol. The first kappa shape index (κ1) is 16.1. The molecule has 0 bridgehead atoms. The van der Waals surface area contributed by atoms with Gasteiger partial charge < -0.3 is 5.32 Å². The Morgan fingerprint density at radius 1 is 1.00 bits per heavy atom. The Bertz CT molecular complexity index is 607. The van der Waals surface area contributed by atoms with Crippen LogP contribution in [0.25, 0.3) is 0 Å². The third kappa shape index (κ3) is 4.12. The van der Waals surface area contributed by atoms with Crippen LogP contribution in [0.4, 0.5) is 10.1 Å². The van der Waals surface area contributed by atoms with Crippen molar-refractivity contribution in [3.8, 4) is 0 Å². The number of hydrogen-bond donors (Lipinski definition) is 1. The lowest BCUT2D eigenvalue weighted by atomic mass is 9.87. The van der Waals surface area contributed by atoms with Crippen LogP contribution in [-0.4, -0.2) is 0 Å². The van der Waals surface area contributed by atoms with E-state index in [0.717, 1.165) is 5.56 Å². The van der Waals surface area contributed by atoms with Crippen LogP contribution in [0.15, 0.2) is 36.4 Å². The Labute approximate surface area is 135 Å². The second kappa shape index (κ2) is 6.25. The Morgan fingerprint density at radius 3 is 2.00 bits per heavy atom. The van der Waals surface area contributed by atoms with Gasteiger partial charge in [0.1, 0.15) is 5.82 Å². The maximum atomic E-state index is 13.1. The molecule has 21 heavy (non-hydrogen) atoms. The number of hydrogen-bond acceptors (Lipinski definition) is 1. The zero-order chi connectivity index (χ0) is 15.6. The zero-order valence-electron chi connectivity index (χ0n) is 12.3. The molecule has 0 unspecified atom stereocenters. The first-order valence-electron chi connectivity index (χ1n) is 6.75. The molecule has 0 atom stereocenters. The van der Waals surface area contributed by atoms with E-state index in [1.165, 1.54) is 17.7 Å². The van der Waals surface area contributed by atoms with Gasteiger partial charge in [0.15, 0.2) is 0 Å². The topological polar surface area (TPSA) is 12.0 Å². The van der Waals surface area contributed by atoms with Crippen molar-refractivity contribution in [1.82, 2.24) is 0 Å². The average Bonchev–Trinajstić information content (AvgIpc) is 2.37. The largest absolute Gasteiger partial charge is 0.379 e. The summed E-state index contributed by atoms with van der Waals surface area (Å²) in [5.41, 5.74) is 3.08. The molecular formula is C17H18Cl2FN. The van der Waals surface area contributed by atoms with Crippen LogP contribution in [0, 0.1) is 5.82 Å². The number of nitrogens with one attached hydrogen (secondary N) is 1. The third-order valence-corrected chi connectivity index (χ3v) is 3.89. The number of anilines is 1. The van der Waals surface area contributed by atoms with Gasteiger partial charge in [0.25, 0.3) is 0 Å². The van der Waals surface area contributed by atoms with Crippen molar-refractivity contribution in [2.45, 2.75) is 32.7 Å². The Balaban J connectivity index is 2.10. The van der Waals surface area contributed by atoms with E-state index in [1.807, 2.05) is 0 Å². The van der Waals surface area contributed by atoms with Crippen LogP contribution in [-0.2, 0) is 12.0 Å². The number of halogens is 3. The summed E-state index contributed by atoms with van der Waals surface area (Å²) in [7, 11) is 0. The summed E-state index contributed by atoms with van der Waals surface area (Å²) in [5.74, 6) is -0.440. The van der Waals surface area contributed by atoms with Crippen LogP contribution in [0.1, 0.15) is 31.9 Å². The van der Waals surface area contributed by atoms with E-state index in [1.54, 1.807) is 0 Å². The summed E-state index contributed by atoms with van der Waals surface area (Å²) in [4.78, 5) is 0. The molecule has 0 saturated carbocycles. The first-order chi connectivity index (χ1) is 9.77. The van der Waals surface area contributed by atoms with E-state index in [0.29, 0.717) is 12.2 Å². The first-order valence-corrected chi connectivity index (χ1v) is 7.51. The van der Waals surface area contributed by atoms with E-state index in [-0.39, 0.29) is 15.5 Å². The molecule has 2 aromatic carbocycles. The normalized spacial score (nSPS) is 11.5. The van der Waals surface area contributed by atoms with Gasteiger partial charge in [0.05, 0.1) is 15.7 Å². The summed E-state index contributed by atoms with van der Waals surface area (Å²) in [6.07, 6.45) is 0. The molecule has 0 spiro atoms. The molecule has 0 aromatic heterocycles. The maximum absolute atomic E-state index is 13.1. The van der Waals surface area contributed by atoms with Crippen molar-refractivity contribution < 1.29 is 4.39 Å². The van der Waals surface area contributed by atoms with E-state index < -0.39 is 5.82 Å². The molecule has 1 N–H and O–H groups in total. The number of benzene rings is 2. The molecule has 0 amide bonds. The maximum Gasteiger partial charge on any atom is 0.126 e. The highest BCUT2D eigenvalue weighted by Gasteiger charge is 2.13. The number of rotatable bonds is 3. The van der Waals surface area contributed by atoms with Gasteiger partial charge in [0.2, 0.25) is 0 Å². The van der Waals surface area contributed by atoms with Gasteiger partial charge in [-0.05, 0) is 28.7 Å². The van der Waals surface area contributed by atoms with Crippen molar-refractivity contribution in [3.63, 3.8) is 0 Å². The van der Waals surface area contributed by atoms with Crippen LogP contribution in [0.3, 0.4) is 0 Å². The lowest BCUT2D eigenvalue weighted by molar-refractivity contribution is 0.590. The molecule has 0 radical (unpaired) electrons. The van der Waals surface area contributed by atoms with E-state index >= 15 is 0 Å². The van der Waals surface area contributed by atoms with Crippen LogP contribution < -0.4 is 5.32 Å². The predicted octanol–water partition coefficient (Wildman–Crippen LogP) is 6.04. The Hall–Kier alpha value is -1.25. The van der Waals surface area contributed by atoms with Gasteiger partial charge >= 0.3 is 0 Å². The summed E-state index contributed by atoms with van der Waals surface area (Å²) in [6, 6.07) is 10.9. The quantitative estimate of drug-likeness (QED) is 0.725. The second-order valence-corrected chi connectivity index (χ2v) is 6.86. The van der Waals surface area contributed by atoms with Gasteiger partial charge in [-0.25, -0.2) is 4.39 Å². The van der Waals surface area contributed by atoms with Gasteiger partial charge in [-0.15, -0.1) is 0 Å². The molecule has 4 heteroatoms. The fourth-order valence-electron chi connectivity index (χ4n) is 2.02. The summed E-state index contributed by atoms with van der Waals surface area (Å²) >= 11 is 12.0. The Kier molecular flexibility index (Phi) is 4.80. The standard InChI is InChI=1S/C17H18Cl2FN/c1-17(2,3)12-6-4-11(5-7-12)10-21-16-14(18)8-13(20)9-15(16)19/h4-9,21H,10H2,1-3H3.